The maximum Gasteiger partial charge on any atom is 0.242 e. The predicted molar refractivity (Wildman–Crippen MR) is 81.5 cm³/mol. The molecular formula is C14H25N3O2S. The molecule has 1 unspecified atom stereocenters. The first-order chi connectivity index (χ1) is 9.59. The molecule has 20 heavy (non-hydrogen) atoms. The highest BCUT2D eigenvalue weighted by Crippen LogP contribution is 2.21. The third-order valence-electron chi connectivity index (χ3n) is 4.28. The second-order valence-electron chi connectivity index (χ2n) is 5.76. The summed E-state index contributed by atoms with van der Waals surface area (Å²) < 4.78 is 0. The van der Waals surface area contributed by atoms with Crippen molar-refractivity contribution in [3.63, 3.8) is 0 Å². The molecule has 1 aliphatic heterocycles. The summed E-state index contributed by atoms with van der Waals surface area (Å²) in [5.74, 6) is 1.70. The van der Waals surface area contributed by atoms with Gasteiger partial charge in [-0.25, -0.2) is 0 Å². The molecule has 2 amide bonds. The Kier molecular flexibility index (Phi) is 5.72. The number of thioether (sulfide) groups is 1. The van der Waals surface area contributed by atoms with Crippen LogP contribution in [-0.4, -0.2) is 66.0 Å². The van der Waals surface area contributed by atoms with Gasteiger partial charge < -0.3 is 9.80 Å². The molecule has 1 heterocycles. The molecule has 0 spiro atoms. The highest BCUT2D eigenvalue weighted by Gasteiger charge is 2.28. The van der Waals surface area contributed by atoms with E-state index < -0.39 is 0 Å². The Labute approximate surface area is 125 Å². The molecule has 1 N–H and O–H groups in total. The molecule has 0 aromatic heterocycles. The SMILES string of the molecule is CN(CC(=O)N(C)C1CCCCC1)C(=O)C1CSCN1. The Morgan fingerprint density at radius 1 is 1.20 bits per heavy atom. The van der Waals surface area contributed by atoms with E-state index in [9.17, 15) is 9.59 Å². The van der Waals surface area contributed by atoms with Crippen molar-refractivity contribution in [3.05, 3.63) is 0 Å². The summed E-state index contributed by atoms with van der Waals surface area (Å²) in [6, 6.07) is 0.234. The minimum Gasteiger partial charge on any atom is -0.341 e. The predicted octanol–water partition coefficient (Wildman–Crippen LogP) is 0.898. The number of amides is 2. The van der Waals surface area contributed by atoms with E-state index in [0.717, 1.165) is 24.5 Å². The zero-order valence-corrected chi connectivity index (χ0v) is 13.2. The number of hydrogen-bond donors (Lipinski definition) is 1. The van der Waals surface area contributed by atoms with Crippen LogP contribution < -0.4 is 5.32 Å². The van der Waals surface area contributed by atoms with Crippen LogP contribution in [0.3, 0.4) is 0 Å². The van der Waals surface area contributed by atoms with Crippen LogP contribution in [-0.2, 0) is 9.59 Å². The van der Waals surface area contributed by atoms with Gasteiger partial charge in [0.25, 0.3) is 0 Å². The number of carbonyl (C=O) groups excluding carboxylic acids is 2. The Balaban J connectivity index is 1.81. The molecule has 1 saturated heterocycles. The van der Waals surface area contributed by atoms with Gasteiger partial charge in [-0.3, -0.25) is 14.9 Å². The minimum atomic E-state index is -0.127. The van der Waals surface area contributed by atoms with E-state index in [1.165, 1.54) is 19.3 Å². The fourth-order valence-electron chi connectivity index (χ4n) is 2.88. The number of rotatable bonds is 4. The van der Waals surface area contributed by atoms with Gasteiger partial charge in [0.15, 0.2) is 0 Å². The molecule has 6 heteroatoms. The monoisotopic (exact) mass is 299 g/mol. The molecule has 114 valence electrons. The van der Waals surface area contributed by atoms with Crippen molar-refractivity contribution >= 4 is 23.6 Å². The van der Waals surface area contributed by atoms with E-state index in [2.05, 4.69) is 5.32 Å². The third kappa shape index (κ3) is 3.88. The van der Waals surface area contributed by atoms with Crippen LogP contribution in [0.5, 0.6) is 0 Å². The van der Waals surface area contributed by atoms with Gasteiger partial charge in [-0.2, -0.15) is 0 Å². The fourth-order valence-corrected chi connectivity index (χ4v) is 3.82. The van der Waals surface area contributed by atoms with Crippen LogP contribution in [0.15, 0.2) is 0 Å². The van der Waals surface area contributed by atoms with Crippen LogP contribution >= 0.6 is 11.8 Å². The smallest absolute Gasteiger partial charge is 0.242 e. The average molecular weight is 299 g/mol. The summed E-state index contributed by atoms with van der Waals surface area (Å²) in [5.41, 5.74) is 0. The summed E-state index contributed by atoms with van der Waals surface area (Å²) in [6.45, 7) is 0.189. The lowest BCUT2D eigenvalue weighted by Gasteiger charge is -2.32. The summed E-state index contributed by atoms with van der Waals surface area (Å²) in [4.78, 5) is 27.8. The Hall–Kier alpha value is -0.750. The van der Waals surface area contributed by atoms with E-state index >= 15 is 0 Å². The molecular weight excluding hydrogens is 274 g/mol. The van der Waals surface area contributed by atoms with Gasteiger partial charge in [0, 0.05) is 31.8 Å². The lowest BCUT2D eigenvalue weighted by atomic mass is 9.94. The first-order valence-electron chi connectivity index (χ1n) is 7.41. The van der Waals surface area contributed by atoms with Crippen molar-refractivity contribution in [1.82, 2.24) is 15.1 Å². The van der Waals surface area contributed by atoms with Gasteiger partial charge in [-0.05, 0) is 12.8 Å². The van der Waals surface area contributed by atoms with Crippen molar-refractivity contribution in [2.24, 2.45) is 0 Å². The van der Waals surface area contributed by atoms with Crippen molar-refractivity contribution < 1.29 is 9.59 Å². The quantitative estimate of drug-likeness (QED) is 0.838. The minimum absolute atomic E-state index is 0.0281. The Morgan fingerprint density at radius 3 is 2.50 bits per heavy atom. The summed E-state index contributed by atoms with van der Waals surface area (Å²) >= 11 is 1.72. The van der Waals surface area contributed by atoms with Gasteiger partial charge in [-0.15, -0.1) is 11.8 Å². The van der Waals surface area contributed by atoms with Crippen LogP contribution in [0.2, 0.25) is 0 Å². The molecule has 0 bridgehead atoms. The zero-order chi connectivity index (χ0) is 14.5. The number of nitrogens with zero attached hydrogens (tertiary/aromatic N) is 2. The molecule has 1 saturated carbocycles. The third-order valence-corrected chi connectivity index (χ3v) is 5.22. The Bertz CT molecular complexity index is 352. The number of hydrogen-bond acceptors (Lipinski definition) is 4. The van der Waals surface area contributed by atoms with E-state index in [0.29, 0.717) is 6.04 Å². The van der Waals surface area contributed by atoms with E-state index in [1.54, 1.807) is 23.7 Å². The first kappa shape index (κ1) is 15.6. The van der Waals surface area contributed by atoms with Crippen LogP contribution in [0.4, 0.5) is 0 Å². The second-order valence-corrected chi connectivity index (χ2v) is 6.79. The van der Waals surface area contributed by atoms with Crippen molar-refractivity contribution in [1.29, 1.82) is 0 Å². The van der Waals surface area contributed by atoms with E-state index in [4.69, 9.17) is 0 Å². The second kappa shape index (κ2) is 7.31. The number of nitrogens with one attached hydrogen (secondary N) is 1. The molecule has 2 fully saturated rings. The largest absolute Gasteiger partial charge is 0.341 e. The summed E-state index contributed by atoms with van der Waals surface area (Å²) in [5, 5.41) is 3.15. The van der Waals surface area contributed by atoms with Gasteiger partial charge in [0.1, 0.15) is 0 Å². The van der Waals surface area contributed by atoms with Gasteiger partial charge in [0.05, 0.1) is 12.6 Å². The normalized spacial score (nSPS) is 23.6. The molecule has 1 atom stereocenters. The molecule has 0 radical (unpaired) electrons. The van der Waals surface area contributed by atoms with Gasteiger partial charge in [-0.1, -0.05) is 19.3 Å². The van der Waals surface area contributed by atoms with Gasteiger partial charge in [0.2, 0.25) is 11.8 Å². The van der Waals surface area contributed by atoms with Crippen LogP contribution in [0.25, 0.3) is 0 Å². The molecule has 5 nitrogen and oxygen atoms in total. The fraction of sp³-hybridized carbons (Fsp3) is 0.857. The van der Waals surface area contributed by atoms with Crippen molar-refractivity contribution in [3.8, 4) is 0 Å². The van der Waals surface area contributed by atoms with E-state index in [1.807, 2.05) is 11.9 Å². The Morgan fingerprint density at radius 2 is 1.90 bits per heavy atom. The zero-order valence-electron chi connectivity index (χ0n) is 12.4. The van der Waals surface area contributed by atoms with Crippen molar-refractivity contribution in [2.45, 2.75) is 44.2 Å². The topological polar surface area (TPSA) is 52.7 Å². The molecule has 2 aliphatic rings. The maximum atomic E-state index is 12.3. The number of carbonyl (C=O) groups is 2. The molecule has 0 aromatic rings. The highest BCUT2D eigenvalue weighted by atomic mass is 32.2. The maximum absolute atomic E-state index is 12.3. The standard InChI is InChI=1S/C14H25N3O2S/c1-16(14(19)12-9-20-10-15-12)8-13(18)17(2)11-6-4-3-5-7-11/h11-12,15H,3-10H2,1-2H3. The van der Waals surface area contributed by atoms with Gasteiger partial charge >= 0.3 is 0 Å². The first-order valence-corrected chi connectivity index (χ1v) is 8.57. The van der Waals surface area contributed by atoms with Crippen molar-refractivity contribution in [2.75, 3.05) is 32.3 Å². The van der Waals surface area contributed by atoms with Crippen LogP contribution in [0, 0.1) is 0 Å². The summed E-state index contributed by atoms with van der Waals surface area (Å²) in [6.07, 6.45) is 5.89. The lowest BCUT2D eigenvalue weighted by molar-refractivity contribution is -0.140. The number of likely N-dealkylation sites (N-methyl/N-ethyl adjacent to an activating group) is 2. The van der Waals surface area contributed by atoms with E-state index in [-0.39, 0.29) is 24.4 Å². The molecule has 0 aromatic carbocycles. The van der Waals surface area contributed by atoms with Crippen LogP contribution in [0.1, 0.15) is 32.1 Å². The summed E-state index contributed by atoms with van der Waals surface area (Å²) in [7, 11) is 3.60. The molecule has 2 rings (SSSR count). The average Bonchev–Trinajstić information content (AvgIpc) is 3.00. The highest BCUT2D eigenvalue weighted by molar-refractivity contribution is 7.99. The molecule has 1 aliphatic carbocycles. The lowest BCUT2D eigenvalue weighted by Crippen LogP contribution is -2.48.